The van der Waals surface area contributed by atoms with Gasteiger partial charge < -0.3 is 16.0 Å². The number of rotatable bonds is 5. The SMILES string of the molecule is CCCC(N)C(=O)Nc1cccc(C(=O)N2CCCCC2)c1. The fourth-order valence-corrected chi connectivity index (χ4v) is 2.69. The number of carbonyl (C=O) groups excluding carboxylic acids is 2. The number of piperidine rings is 1. The number of hydrogen-bond acceptors (Lipinski definition) is 3. The molecule has 2 rings (SSSR count). The second-order valence-electron chi connectivity index (χ2n) is 5.82. The van der Waals surface area contributed by atoms with Crippen LogP contribution in [0.5, 0.6) is 0 Å². The Labute approximate surface area is 131 Å². The van der Waals surface area contributed by atoms with Crippen molar-refractivity contribution in [2.45, 2.75) is 45.1 Å². The molecule has 1 aromatic carbocycles. The second kappa shape index (κ2) is 7.94. The van der Waals surface area contributed by atoms with Crippen LogP contribution in [0.2, 0.25) is 0 Å². The van der Waals surface area contributed by atoms with Gasteiger partial charge in [-0.2, -0.15) is 0 Å². The number of nitrogens with two attached hydrogens (primary N) is 1. The lowest BCUT2D eigenvalue weighted by Gasteiger charge is -2.26. The molecule has 1 aliphatic rings. The number of nitrogens with one attached hydrogen (secondary N) is 1. The predicted molar refractivity (Wildman–Crippen MR) is 87.7 cm³/mol. The Kier molecular flexibility index (Phi) is 5.95. The van der Waals surface area contributed by atoms with Gasteiger partial charge in [-0.05, 0) is 43.9 Å². The van der Waals surface area contributed by atoms with Gasteiger partial charge in [0.25, 0.3) is 5.91 Å². The van der Waals surface area contributed by atoms with Crippen LogP contribution in [0, 0.1) is 0 Å². The van der Waals surface area contributed by atoms with Crippen LogP contribution >= 0.6 is 0 Å². The molecule has 5 nitrogen and oxygen atoms in total. The molecule has 1 aromatic rings. The molecule has 1 atom stereocenters. The fourth-order valence-electron chi connectivity index (χ4n) is 2.69. The van der Waals surface area contributed by atoms with Crippen molar-refractivity contribution in [2.75, 3.05) is 18.4 Å². The van der Waals surface area contributed by atoms with Crippen molar-refractivity contribution in [1.29, 1.82) is 0 Å². The smallest absolute Gasteiger partial charge is 0.253 e. The third-order valence-corrected chi connectivity index (χ3v) is 3.96. The maximum atomic E-state index is 12.5. The molecule has 1 heterocycles. The standard InChI is InChI=1S/C17H25N3O2/c1-2-7-15(18)16(21)19-14-9-6-8-13(12-14)17(22)20-10-4-3-5-11-20/h6,8-9,12,15H,2-5,7,10-11,18H2,1H3,(H,19,21). The molecule has 0 saturated carbocycles. The summed E-state index contributed by atoms with van der Waals surface area (Å²) in [5.41, 5.74) is 7.04. The Hall–Kier alpha value is -1.88. The van der Waals surface area contributed by atoms with Crippen molar-refractivity contribution in [1.82, 2.24) is 4.90 Å². The first kappa shape index (κ1) is 16.5. The molecule has 0 bridgehead atoms. The average Bonchev–Trinajstić information content (AvgIpc) is 2.55. The highest BCUT2D eigenvalue weighted by molar-refractivity contribution is 5.98. The van der Waals surface area contributed by atoms with Gasteiger partial charge in [0.1, 0.15) is 0 Å². The molecule has 1 fully saturated rings. The maximum Gasteiger partial charge on any atom is 0.253 e. The summed E-state index contributed by atoms with van der Waals surface area (Å²) in [6, 6.07) is 6.58. The molecule has 1 saturated heterocycles. The Morgan fingerprint density at radius 1 is 1.27 bits per heavy atom. The van der Waals surface area contributed by atoms with Gasteiger partial charge in [-0.1, -0.05) is 19.4 Å². The number of benzene rings is 1. The van der Waals surface area contributed by atoms with E-state index in [0.717, 1.165) is 32.4 Å². The first-order chi connectivity index (χ1) is 10.6. The van der Waals surface area contributed by atoms with Crippen LogP contribution in [0.3, 0.4) is 0 Å². The number of anilines is 1. The van der Waals surface area contributed by atoms with Crippen molar-refractivity contribution in [3.8, 4) is 0 Å². The van der Waals surface area contributed by atoms with E-state index in [1.807, 2.05) is 11.8 Å². The maximum absolute atomic E-state index is 12.5. The van der Waals surface area contributed by atoms with Gasteiger partial charge in [0.15, 0.2) is 0 Å². The molecular weight excluding hydrogens is 278 g/mol. The van der Waals surface area contributed by atoms with Crippen LogP contribution in [0.1, 0.15) is 49.4 Å². The summed E-state index contributed by atoms with van der Waals surface area (Å²) in [4.78, 5) is 26.3. The minimum Gasteiger partial charge on any atom is -0.339 e. The van der Waals surface area contributed by atoms with Gasteiger partial charge in [-0.25, -0.2) is 0 Å². The zero-order chi connectivity index (χ0) is 15.9. The van der Waals surface area contributed by atoms with E-state index in [4.69, 9.17) is 5.73 Å². The van der Waals surface area contributed by atoms with Gasteiger partial charge in [0.2, 0.25) is 5.91 Å². The van der Waals surface area contributed by atoms with Crippen molar-refractivity contribution < 1.29 is 9.59 Å². The van der Waals surface area contributed by atoms with E-state index >= 15 is 0 Å². The van der Waals surface area contributed by atoms with E-state index < -0.39 is 6.04 Å². The highest BCUT2D eigenvalue weighted by Gasteiger charge is 2.19. The van der Waals surface area contributed by atoms with E-state index in [1.165, 1.54) is 6.42 Å². The van der Waals surface area contributed by atoms with Crippen LogP contribution < -0.4 is 11.1 Å². The van der Waals surface area contributed by atoms with Crippen molar-refractivity contribution >= 4 is 17.5 Å². The van der Waals surface area contributed by atoms with Gasteiger partial charge in [-0.15, -0.1) is 0 Å². The van der Waals surface area contributed by atoms with E-state index in [0.29, 0.717) is 17.7 Å². The van der Waals surface area contributed by atoms with Gasteiger partial charge >= 0.3 is 0 Å². The number of amides is 2. The van der Waals surface area contributed by atoms with Crippen molar-refractivity contribution in [3.63, 3.8) is 0 Å². The van der Waals surface area contributed by atoms with Crippen LogP contribution in [0.25, 0.3) is 0 Å². The summed E-state index contributed by atoms with van der Waals surface area (Å²) in [5, 5.41) is 2.79. The monoisotopic (exact) mass is 303 g/mol. The topological polar surface area (TPSA) is 75.4 Å². The molecule has 22 heavy (non-hydrogen) atoms. The largest absolute Gasteiger partial charge is 0.339 e. The van der Waals surface area contributed by atoms with Gasteiger partial charge in [0.05, 0.1) is 6.04 Å². The average molecular weight is 303 g/mol. The third-order valence-electron chi connectivity index (χ3n) is 3.96. The van der Waals surface area contributed by atoms with Crippen molar-refractivity contribution in [3.05, 3.63) is 29.8 Å². The lowest BCUT2D eigenvalue weighted by atomic mass is 10.1. The number of carbonyl (C=O) groups is 2. The highest BCUT2D eigenvalue weighted by atomic mass is 16.2. The van der Waals surface area contributed by atoms with Crippen LogP contribution in [-0.2, 0) is 4.79 Å². The lowest BCUT2D eigenvalue weighted by molar-refractivity contribution is -0.117. The minimum atomic E-state index is -0.508. The first-order valence-electron chi connectivity index (χ1n) is 8.07. The summed E-state index contributed by atoms with van der Waals surface area (Å²) >= 11 is 0. The first-order valence-corrected chi connectivity index (χ1v) is 8.07. The van der Waals surface area contributed by atoms with Crippen molar-refractivity contribution in [2.24, 2.45) is 5.73 Å². The highest BCUT2D eigenvalue weighted by Crippen LogP contribution is 2.16. The number of likely N-dealkylation sites (tertiary alicyclic amines) is 1. The Balaban J connectivity index is 2.03. The summed E-state index contributed by atoms with van der Waals surface area (Å²) in [6.45, 7) is 3.62. The molecule has 5 heteroatoms. The quantitative estimate of drug-likeness (QED) is 0.877. The molecule has 0 aromatic heterocycles. The number of hydrogen-bond donors (Lipinski definition) is 2. The zero-order valence-electron chi connectivity index (χ0n) is 13.2. The van der Waals surface area contributed by atoms with Crippen LogP contribution in [0.4, 0.5) is 5.69 Å². The second-order valence-corrected chi connectivity index (χ2v) is 5.82. The Morgan fingerprint density at radius 2 is 2.00 bits per heavy atom. The van der Waals surface area contributed by atoms with Crippen LogP contribution in [-0.4, -0.2) is 35.8 Å². The third kappa shape index (κ3) is 4.31. The van der Waals surface area contributed by atoms with Crippen LogP contribution in [0.15, 0.2) is 24.3 Å². The molecule has 1 unspecified atom stereocenters. The summed E-state index contributed by atoms with van der Waals surface area (Å²) in [5.74, 6) is -0.168. The summed E-state index contributed by atoms with van der Waals surface area (Å²) in [7, 11) is 0. The molecule has 2 amide bonds. The molecule has 0 radical (unpaired) electrons. The predicted octanol–water partition coefficient (Wildman–Crippen LogP) is 2.38. The number of nitrogens with zero attached hydrogens (tertiary/aromatic N) is 1. The molecule has 0 spiro atoms. The molecule has 1 aliphatic heterocycles. The van der Waals surface area contributed by atoms with Gasteiger partial charge in [-0.3, -0.25) is 9.59 Å². The lowest BCUT2D eigenvalue weighted by Crippen LogP contribution is -2.36. The Bertz CT molecular complexity index is 524. The molecule has 0 aliphatic carbocycles. The Morgan fingerprint density at radius 3 is 2.68 bits per heavy atom. The summed E-state index contributed by atoms with van der Waals surface area (Å²) < 4.78 is 0. The summed E-state index contributed by atoms with van der Waals surface area (Å²) in [6.07, 6.45) is 4.83. The van der Waals surface area contributed by atoms with E-state index in [1.54, 1.807) is 24.3 Å². The fraction of sp³-hybridized carbons (Fsp3) is 0.529. The molecular formula is C17H25N3O2. The van der Waals surface area contributed by atoms with E-state index in [9.17, 15) is 9.59 Å². The zero-order valence-corrected chi connectivity index (χ0v) is 13.2. The normalized spacial score (nSPS) is 16.2. The molecule has 3 N–H and O–H groups in total. The van der Waals surface area contributed by atoms with E-state index in [-0.39, 0.29) is 11.8 Å². The minimum absolute atomic E-state index is 0.0358. The molecule has 120 valence electrons. The van der Waals surface area contributed by atoms with E-state index in [2.05, 4.69) is 5.32 Å². The van der Waals surface area contributed by atoms with Gasteiger partial charge in [0, 0.05) is 24.3 Å².